The molecule has 73 heavy (non-hydrogen) atoms. The number of esters is 1. The van der Waals surface area contributed by atoms with Crippen LogP contribution < -0.4 is 14.8 Å². The molecular formula is C51H73Cl2N5O15. The van der Waals surface area contributed by atoms with Crippen LogP contribution in [0.15, 0.2) is 30.6 Å². The third kappa shape index (κ3) is 12.4. The number of nitrogens with one attached hydrogen (secondary N) is 1. The van der Waals surface area contributed by atoms with E-state index < -0.39 is 102 Å². The molecule has 4 fully saturated rings. The van der Waals surface area contributed by atoms with Crippen molar-refractivity contribution < 1.29 is 72.1 Å². The van der Waals surface area contributed by atoms with Gasteiger partial charge in [0.15, 0.2) is 23.4 Å². The van der Waals surface area contributed by atoms with Gasteiger partial charge in [-0.05, 0) is 71.6 Å². The molecule has 0 saturated carbocycles. The summed E-state index contributed by atoms with van der Waals surface area (Å²) in [5, 5.41) is 27.1. The van der Waals surface area contributed by atoms with Crippen LogP contribution in [0, 0.1) is 23.7 Å². The van der Waals surface area contributed by atoms with Gasteiger partial charge in [0.2, 0.25) is 0 Å². The number of anilines is 1. The van der Waals surface area contributed by atoms with Gasteiger partial charge in [0.1, 0.15) is 18.0 Å². The maximum absolute atomic E-state index is 15.0. The van der Waals surface area contributed by atoms with Crippen molar-refractivity contribution in [3.05, 3.63) is 46.2 Å². The number of ketones is 1. The summed E-state index contributed by atoms with van der Waals surface area (Å²) in [4.78, 5) is 78.8. The first-order valence-corrected chi connectivity index (χ1v) is 25.7. The molecule has 5 heterocycles. The van der Waals surface area contributed by atoms with Gasteiger partial charge < -0.3 is 68.1 Å². The third-order valence-corrected chi connectivity index (χ3v) is 15.7. The van der Waals surface area contributed by atoms with Crippen molar-refractivity contribution >= 4 is 58.7 Å². The lowest BCUT2D eigenvalue weighted by atomic mass is 9.73. The topological polar surface area (TPSA) is 234 Å². The van der Waals surface area contributed by atoms with Crippen molar-refractivity contribution in [3.63, 3.8) is 0 Å². The average Bonchev–Trinajstić information content (AvgIpc) is 3.64. The van der Waals surface area contributed by atoms with E-state index in [9.17, 15) is 34.2 Å². The Kier molecular flexibility index (Phi) is 19.3. The van der Waals surface area contributed by atoms with Crippen molar-refractivity contribution in [1.82, 2.24) is 19.7 Å². The molecule has 0 unspecified atom stereocenters. The number of hydrogen-bond acceptors (Lipinski definition) is 16. The highest BCUT2D eigenvalue weighted by Gasteiger charge is 2.60. The molecule has 6 rings (SSSR count). The van der Waals surface area contributed by atoms with Crippen LogP contribution in [-0.2, 0) is 38.0 Å². The quantitative estimate of drug-likeness (QED) is 0.149. The average molecular weight is 1070 g/mol. The summed E-state index contributed by atoms with van der Waals surface area (Å²) in [5.74, 6) is -4.69. The first-order valence-electron chi connectivity index (χ1n) is 25.0. The van der Waals surface area contributed by atoms with Gasteiger partial charge in [-0.1, -0.05) is 50.9 Å². The predicted molar refractivity (Wildman–Crippen MR) is 268 cm³/mol. The van der Waals surface area contributed by atoms with Crippen LogP contribution in [0.25, 0.3) is 0 Å². The summed E-state index contributed by atoms with van der Waals surface area (Å²) >= 11 is 12.5. The summed E-state index contributed by atoms with van der Waals surface area (Å²) < 4.78 is 48.8. The van der Waals surface area contributed by atoms with Crippen LogP contribution in [0.5, 0.6) is 11.5 Å². The number of carbonyl (C=O) groups is 5. The van der Waals surface area contributed by atoms with Gasteiger partial charge in [-0.25, -0.2) is 9.59 Å². The van der Waals surface area contributed by atoms with Crippen LogP contribution in [0.1, 0.15) is 91.4 Å². The maximum atomic E-state index is 15.0. The van der Waals surface area contributed by atoms with E-state index >= 15 is 0 Å². The Labute approximate surface area is 437 Å². The van der Waals surface area contributed by atoms with Crippen molar-refractivity contribution in [2.24, 2.45) is 23.7 Å². The number of benzene rings is 1. The minimum atomic E-state index is -1.53. The molecule has 20 nitrogen and oxygen atoms in total. The van der Waals surface area contributed by atoms with E-state index in [1.54, 1.807) is 65.6 Å². The number of pyridine rings is 1. The van der Waals surface area contributed by atoms with E-state index in [4.69, 9.17) is 61.1 Å². The summed E-state index contributed by atoms with van der Waals surface area (Å²) in [7, 11) is 4.54. The Morgan fingerprint density at radius 1 is 0.973 bits per heavy atom. The number of amides is 4. The number of morpholine rings is 1. The maximum Gasteiger partial charge on any atom is 0.410 e. The molecule has 406 valence electrons. The molecule has 1 aromatic heterocycles. The summed E-state index contributed by atoms with van der Waals surface area (Å²) in [6, 6.07) is 2.67. The summed E-state index contributed by atoms with van der Waals surface area (Å²) in [5.41, 5.74) is -2.50. The van der Waals surface area contributed by atoms with Crippen LogP contribution in [-0.4, -0.2) is 180 Å². The standard InChI is InChI=1S/C51H73Cl2N5O15/c1-12-38-51(8)43(58(49(65)73-51)16-13-19-69-37-23-32(14-15-36(37)66-10)45(62)55-39-33(52)25-54-26-34(39)53)29(4)40(59)27(2)24-50(7,67-11)44(30(5)41(60)31(6)46(63)71-38)72-47-42(61)35(22-28(3)70-47)56(9)48(64)57-17-20-68-21-18-57/h14-15,23,25-31,35,38,41-44,47,60-61H,12-13,16-22,24H2,1-11H3,(H,54,55,62)/t27-,28-,29+,30+,31-,35+,38-,41+,42-,43-,44-,47+,50-,51-/m1/s1. The summed E-state index contributed by atoms with van der Waals surface area (Å²) in [6.07, 6.45) is -3.99. The van der Waals surface area contributed by atoms with Gasteiger partial charge in [-0.3, -0.25) is 19.4 Å². The smallest absolute Gasteiger partial charge is 0.410 e. The van der Waals surface area contributed by atoms with Crippen molar-refractivity contribution in [1.29, 1.82) is 0 Å². The van der Waals surface area contributed by atoms with Crippen molar-refractivity contribution in [2.45, 2.75) is 141 Å². The van der Waals surface area contributed by atoms with Gasteiger partial charge >= 0.3 is 18.1 Å². The second kappa shape index (κ2) is 24.4. The Morgan fingerprint density at radius 3 is 2.27 bits per heavy atom. The number of urea groups is 1. The molecule has 4 aliphatic rings. The number of aromatic nitrogens is 1. The number of nitrogens with zero attached hydrogens (tertiary/aromatic N) is 4. The molecule has 14 atom stereocenters. The SMILES string of the molecule is CC[C@H]1OC(=O)[C@H](C)[C@@H](O)[C@H](C)[C@@H](O[C@@H]2O[C@H](C)C[C@H](N(C)C(=O)N3CCOCC3)[C@H]2O)[C@](C)(OC)C[C@@H](C)C(=O)[C@H](C)[C@H]2N(CCCOc3cc(C(=O)Nc4c(Cl)cncc4Cl)ccc3OC)C(=O)O[C@]12C. The number of hydrogen-bond donors (Lipinski definition) is 3. The molecule has 22 heteroatoms. The zero-order valence-electron chi connectivity index (χ0n) is 43.6. The molecular weight excluding hydrogens is 993 g/mol. The molecule has 0 bridgehead atoms. The number of fused-ring (bicyclic) bond motifs is 1. The number of ether oxygens (including phenoxy) is 8. The predicted octanol–water partition coefficient (Wildman–Crippen LogP) is 6.24. The molecule has 1 aromatic carbocycles. The number of methoxy groups -OCH3 is 2. The lowest BCUT2D eigenvalue weighted by Gasteiger charge is -2.48. The zero-order valence-corrected chi connectivity index (χ0v) is 45.1. The number of halogens is 2. The molecule has 4 saturated heterocycles. The zero-order chi connectivity index (χ0) is 53.7. The number of Topliss-reactive ketones (excluding diaryl/α,β-unsaturated/α-hetero) is 1. The highest BCUT2D eigenvalue weighted by molar-refractivity contribution is 6.39. The van der Waals surface area contributed by atoms with Crippen molar-refractivity contribution in [3.8, 4) is 11.5 Å². The first-order chi connectivity index (χ1) is 34.5. The van der Waals surface area contributed by atoms with E-state index in [0.29, 0.717) is 38.5 Å². The number of likely N-dealkylation sites (N-methyl/N-ethyl adjacent to an activating group) is 1. The second-order valence-corrected chi connectivity index (χ2v) is 20.9. The molecule has 4 aliphatic heterocycles. The fraction of sp³-hybridized carbons (Fsp3) is 0.686. The normalized spacial score (nSPS) is 33.5. The molecule has 4 amide bonds. The number of rotatable bonds is 13. The lowest BCUT2D eigenvalue weighted by molar-refractivity contribution is -0.300. The Hall–Kier alpha value is -4.54. The Morgan fingerprint density at radius 2 is 1.64 bits per heavy atom. The minimum absolute atomic E-state index is 0.0299. The Bertz CT molecular complexity index is 2270. The van der Waals surface area contributed by atoms with E-state index in [-0.39, 0.29) is 71.3 Å². The van der Waals surface area contributed by atoms with Gasteiger partial charge in [0, 0.05) is 69.5 Å². The summed E-state index contributed by atoms with van der Waals surface area (Å²) in [6.45, 7) is 15.4. The molecule has 0 aliphatic carbocycles. The van der Waals surface area contributed by atoms with Gasteiger partial charge in [-0.15, -0.1) is 0 Å². The van der Waals surface area contributed by atoms with E-state index in [0.717, 1.165) is 0 Å². The van der Waals surface area contributed by atoms with E-state index in [2.05, 4.69) is 10.3 Å². The Balaban J connectivity index is 1.25. The fourth-order valence-corrected chi connectivity index (χ4v) is 11.4. The van der Waals surface area contributed by atoms with Crippen LogP contribution >= 0.6 is 23.2 Å². The molecule has 0 radical (unpaired) electrons. The third-order valence-electron chi connectivity index (χ3n) is 15.1. The second-order valence-electron chi connectivity index (χ2n) is 20.1. The first kappa shape index (κ1) is 57.7. The number of aliphatic hydroxyl groups is 2. The van der Waals surface area contributed by atoms with Gasteiger partial charge in [-0.2, -0.15) is 0 Å². The monoisotopic (exact) mass is 1070 g/mol. The van der Waals surface area contributed by atoms with Crippen molar-refractivity contribution in [2.75, 3.05) is 66.0 Å². The van der Waals surface area contributed by atoms with E-state index in [1.807, 2.05) is 6.92 Å². The molecule has 0 spiro atoms. The minimum Gasteiger partial charge on any atom is -0.493 e. The highest BCUT2D eigenvalue weighted by atomic mass is 35.5. The number of carbonyl (C=O) groups excluding carboxylic acids is 5. The number of cyclic esters (lactones) is 1. The highest BCUT2D eigenvalue weighted by Crippen LogP contribution is 2.44. The van der Waals surface area contributed by atoms with Crippen LogP contribution in [0.2, 0.25) is 10.0 Å². The van der Waals surface area contributed by atoms with Crippen LogP contribution in [0.3, 0.4) is 0 Å². The van der Waals surface area contributed by atoms with Gasteiger partial charge in [0.25, 0.3) is 5.91 Å². The van der Waals surface area contributed by atoms with E-state index in [1.165, 1.54) is 49.4 Å². The molecule has 3 N–H and O–H groups in total. The fourth-order valence-electron chi connectivity index (χ4n) is 10.9. The number of aliphatic hydroxyl groups excluding tert-OH is 2. The van der Waals surface area contributed by atoms with Crippen LogP contribution in [0.4, 0.5) is 15.3 Å². The lowest BCUT2D eigenvalue weighted by Crippen LogP contribution is -2.62. The molecule has 2 aromatic rings. The van der Waals surface area contributed by atoms with Gasteiger partial charge in [0.05, 0.1) is 84.6 Å². The largest absolute Gasteiger partial charge is 0.493 e.